The van der Waals surface area contributed by atoms with Crippen LogP contribution in [0.15, 0.2) is 27.8 Å². The molecule has 0 spiro atoms. The first-order valence-electron chi connectivity index (χ1n) is 8.48. The maximum absolute atomic E-state index is 12.6. The summed E-state index contributed by atoms with van der Waals surface area (Å²) in [5.74, 6) is 0.764. The van der Waals surface area contributed by atoms with Gasteiger partial charge in [-0.2, -0.15) is 17.5 Å². The molecule has 2 heterocycles. The molecule has 27 heavy (non-hydrogen) atoms. The fourth-order valence-electron chi connectivity index (χ4n) is 2.65. The molecule has 1 saturated heterocycles. The molecule has 2 rings (SSSR count). The number of piperidine rings is 1. The first kappa shape index (κ1) is 21.5. The van der Waals surface area contributed by atoms with E-state index in [9.17, 15) is 26.7 Å². The molecule has 0 aromatic carbocycles. The zero-order chi connectivity index (χ0) is 20.1. The molecule has 0 bridgehead atoms. The Bertz CT molecular complexity index is 714. The van der Waals surface area contributed by atoms with Crippen LogP contribution in [0.2, 0.25) is 0 Å². The van der Waals surface area contributed by atoms with Crippen LogP contribution in [-0.2, 0) is 10.0 Å². The maximum Gasteiger partial charge on any atom is 0.511 e. The number of nitrogens with one attached hydrogen (secondary N) is 2. The van der Waals surface area contributed by atoms with Crippen LogP contribution in [0.4, 0.5) is 13.2 Å². The minimum atomic E-state index is -5.29. The predicted octanol–water partition coefficient (Wildman–Crippen LogP) is 1.18. The zero-order valence-electron chi connectivity index (χ0n) is 14.7. The van der Waals surface area contributed by atoms with Crippen molar-refractivity contribution in [2.24, 2.45) is 4.99 Å². The predicted molar refractivity (Wildman–Crippen MR) is 92.4 cm³/mol. The summed E-state index contributed by atoms with van der Waals surface area (Å²) in [5, 5.41) is 16.0. The van der Waals surface area contributed by atoms with E-state index in [1.54, 1.807) is 12.1 Å². The number of rotatable bonds is 6. The molecule has 8 nitrogen and oxygen atoms in total. The number of halogens is 3. The molecule has 1 atom stereocenters. The molecule has 3 N–H and O–H groups in total. The summed E-state index contributed by atoms with van der Waals surface area (Å²) in [4.78, 5) is 4.24. The van der Waals surface area contributed by atoms with Crippen molar-refractivity contribution in [3.8, 4) is 0 Å². The summed E-state index contributed by atoms with van der Waals surface area (Å²) < 4.78 is 66.3. The second-order valence-corrected chi connectivity index (χ2v) is 7.95. The number of sulfonamides is 1. The number of nitrogens with zero attached hydrogens (tertiary/aromatic N) is 2. The minimum absolute atomic E-state index is 0.0319. The second-order valence-electron chi connectivity index (χ2n) is 6.02. The average molecular weight is 412 g/mol. The fourth-order valence-corrected chi connectivity index (χ4v) is 3.63. The average Bonchev–Trinajstić information content (AvgIpc) is 3.14. The fraction of sp³-hybridized carbons (Fsp3) is 0.667. The lowest BCUT2D eigenvalue weighted by Gasteiger charge is -2.32. The molecule has 1 aromatic heterocycles. The number of hydrogen-bond donors (Lipinski definition) is 3. The first-order chi connectivity index (χ1) is 12.6. The summed E-state index contributed by atoms with van der Waals surface area (Å²) in [7, 11) is -5.29. The van der Waals surface area contributed by atoms with Crippen LogP contribution in [-0.4, -0.2) is 61.5 Å². The lowest BCUT2D eigenvalue weighted by Crippen LogP contribution is -2.51. The molecule has 1 unspecified atom stereocenters. The topological polar surface area (TPSA) is 107 Å². The van der Waals surface area contributed by atoms with E-state index < -0.39 is 21.6 Å². The number of alkyl halides is 3. The number of aliphatic hydroxyl groups excluding tert-OH is 1. The van der Waals surface area contributed by atoms with Crippen LogP contribution < -0.4 is 10.6 Å². The Labute approximate surface area is 155 Å². The quantitative estimate of drug-likeness (QED) is 0.479. The van der Waals surface area contributed by atoms with Crippen LogP contribution in [0.25, 0.3) is 0 Å². The van der Waals surface area contributed by atoms with E-state index in [4.69, 9.17) is 4.42 Å². The molecule has 0 amide bonds. The van der Waals surface area contributed by atoms with E-state index in [1.165, 1.54) is 6.26 Å². The molecule has 0 radical (unpaired) electrons. The normalized spacial score (nSPS) is 19.1. The van der Waals surface area contributed by atoms with Gasteiger partial charge < -0.3 is 20.2 Å². The highest BCUT2D eigenvalue weighted by atomic mass is 32.2. The van der Waals surface area contributed by atoms with Gasteiger partial charge in [-0.25, -0.2) is 8.42 Å². The highest BCUT2D eigenvalue weighted by molar-refractivity contribution is 7.90. The summed E-state index contributed by atoms with van der Waals surface area (Å²) in [5.41, 5.74) is -5.29. The van der Waals surface area contributed by atoms with Crippen molar-refractivity contribution in [3.63, 3.8) is 0 Å². The van der Waals surface area contributed by atoms with Crippen LogP contribution in [0.5, 0.6) is 0 Å². The van der Waals surface area contributed by atoms with E-state index in [2.05, 4.69) is 15.6 Å². The summed E-state index contributed by atoms with van der Waals surface area (Å²) in [6.45, 7) is 1.97. The van der Waals surface area contributed by atoms with E-state index in [0.29, 0.717) is 22.6 Å². The number of guanidine groups is 1. The largest absolute Gasteiger partial charge is 0.511 e. The Hall–Kier alpha value is -1.79. The van der Waals surface area contributed by atoms with Crippen LogP contribution in [0, 0.1) is 0 Å². The van der Waals surface area contributed by atoms with Crippen molar-refractivity contribution in [3.05, 3.63) is 24.2 Å². The minimum Gasteiger partial charge on any atom is -0.467 e. The molecular weight excluding hydrogens is 389 g/mol. The van der Waals surface area contributed by atoms with Gasteiger partial charge in [0.2, 0.25) is 0 Å². The van der Waals surface area contributed by atoms with Gasteiger partial charge in [-0.3, -0.25) is 4.99 Å². The zero-order valence-corrected chi connectivity index (χ0v) is 15.6. The molecular formula is C15H23F3N4O4S. The second kappa shape index (κ2) is 8.93. The first-order valence-corrected chi connectivity index (χ1v) is 9.92. The third-order valence-electron chi connectivity index (χ3n) is 4.07. The highest BCUT2D eigenvalue weighted by Crippen LogP contribution is 2.28. The van der Waals surface area contributed by atoms with E-state index in [0.717, 1.165) is 0 Å². The van der Waals surface area contributed by atoms with Crippen molar-refractivity contribution in [1.82, 2.24) is 14.9 Å². The molecule has 154 valence electrons. The molecule has 1 aromatic rings. The Balaban J connectivity index is 1.91. The van der Waals surface area contributed by atoms with Crippen molar-refractivity contribution in [1.29, 1.82) is 0 Å². The summed E-state index contributed by atoms with van der Waals surface area (Å²) in [6.07, 6.45) is 0.935. The van der Waals surface area contributed by atoms with Gasteiger partial charge in [-0.1, -0.05) is 0 Å². The van der Waals surface area contributed by atoms with Gasteiger partial charge in [-0.05, 0) is 31.9 Å². The van der Waals surface area contributed by atoms with Crippen molar-refractivity contribution in [2.75, 3.05) is 26.2 Å². The van der Waals surface area contributed by atoms with Gasteiger partial charge >= 0.3 is 15.5 Å². The molecule has 12 heteroatoms. The van der Waals surface area contributed by atoms with Gasteiger partial charge in [0.05, 0.1) is 12.8 Å². The number of aliphatic imine (C=N–C) groups is 1. The number of aliphatic hydroxyl groups is 1. The van der Waals surface area contributed by atoms with Gasteiger partial charge in [0.1, 0.15) is 11.9 Å². The van der Waals surface area contributed by atoms with Crippen LogP contribution in [0.1, 0.15) is 31.6 Å². The molecule has 1 aliphatic heterocycles. The van der Waals surface area contributed by atoms with Crippen LogP contribution in [0.3, 0.4) is 0 Å². The van der Waals surface area contributed by atoms with Gasteiger partial charge in [0.15, 0.2) is 5.96 Å². The smallest absolute Gasteiger partial charge is 0.467 e. The third-order valence-corrected chi connectivity index (χ3v) is 5.70. The number of furan rings is 1. The third kappa shape index (κ3) is 5.59. The van der Waals surface area contributed by atoms with Crippen molar-refractivity contribution < 1.29 is 31.1 Å². The lowest BCUT2D eigenvalue weighted by molar-refractivity contribution is -0.0494. The lowest BCUT2D eigenvalue weighted by atomic mass is 10.1. The van der Waals surface area contributed by atoms with E-state index in [-0.39, 0.29) is 38.5 Å². The van der Waals surface area contributed by atoms with Gasteiger partial charge in [0, 0.05) is 25.7 Å². The SMILES string of the molecule is CCNC(=NCC(O)c1ccco1)NC1CCN(S(=O)(=O)C(F)(F)F)CC1. The highest BCUT2D eigenvalue weighted by Gasteiger charge is 2.50. The Kier molecular flexibility index (Phi) is 7.12. The molecule has 0 saturated carbocycles. The molecule has 0 aliphatic carbocycles. The Morgan fingerprint density at radius 3 is 2.63 bits per heavy atom. The monoisotopic (exact) mass is 412 g/mol. The summed E-state index contributed by atoms with van der Waals surface area (Å²) >= 11 is 0. The standard InChI is InChI=1S/C15H23F3N4O4S/c1-2-19-14(20-10-12(23)13-4-3-9-26-13)21-11-5-7-22(8-6-11)27(24,25)15(16,17)18/h3-4,9,11-12,23H,2,5-8,10H2,1H3,(H2,19,20,21). The summed E-state index contributed by atoms with van der Waals surface area (Å²) in [6, 6.07) is 3.04. The van der Waals surface area contributed by atoms with Crippen LogP contribution >= 0.6 is 0 Å². The Morgan fingerprint density at radius 2 is 2.11 bits per heavy atom. The van der Waals surface area contributed by atoms with E-state index in [1.807, 2.05) is 6.92 Å². The van der Waals surface area contributed by atoms with Gasteiger partial charge in [0.25, 0.3) is 0 Å². The maximum atomic E-state index is 12.6. The van der Waals surface area contributed by atoms with Gasteiger partial charge in [-0.15, -0.1) is 0 Å². The number of hydrogen-bond acceptors (Lipinski definition) is 5. The molecule has 1 aliphatic rings. The Morgan fingerprint density at radius 1 is 1.44 bits per heavy atom. The van der Waals surface area contributed by atoms with Crippen molar-refractivity contribution in [2.45, 2.75) is 37.4 Å². The van der Waals surface area contributed by atoms with E-state index >= 15 is 0 Å². The molecule has 1 fully saturated rings. The van der Waals surface area contributed by atoms with Crippen molar-refractivity contribution >= 4 is 16.0 Å².